The molecule has 3 nitrogen and oxygen atoms in total. The predicted molar refractivity (Wildman–Crippen MR) is 73.8 cm³/mol. The molecule has 3 heteroatoms. The molecule has 0 aliphatic rings. The lowest BCUT2D eigenvalue weighted by atomic mass is 9.88. The van der Waals surface area contributed by atoms with Crippen molar-refractivity contribution in [3.05, 3.63) is 34.9 Å². The molecule has 0 heterocycles. The summed E-state index contributed by atoms with van der Waals surface area (Å²) in [7, 11) is 3.87. The minimum atomic E-state index is -0.727. The normalized spacial score (nSPS) is 14.6. The first-order valence-electron chi connectivity index (χ1n) is 6.34. The molecule has 1 aromatic carbocycles. The standard InChI is InChI=1S/C15H23NO2/c1-6-13(15(17)18)14(16(4)5)12-8-7-10(2)11(3)9-12/h7-9,13-14H,6H2,1-5H3,(H,17,18). The van der Waals surface area contributed by atoms with Gasteiger partial charge in [0.25, 0.3) is 0 Å². The molecule has 100 valence electrons. The van der Waals surface area contributed by atoms with Crippen molar-refractivity contribution in [1.82, 2.24) is 4.90 Å². The van der Waals surface area contributed by atoms with E-state index in [1.807, 2.05) is 32.0 Å². The van der Waals surface area contributed by atoms with E-state index < -0.39 is 5.97 Å². The van der Waals surface area contributed by atoms with E-state index in [1.165, 1.54) is 11.1 Å². The van der Waals surface area contributed by atoms with E-state index >= 15 is 0 Å². The molecule has 0 bridgehead atoms. The molecule has 1 aromatic rings. The molecule has 0 aliphatic carbocycles. The van der Waals surface area contributed by atoms with Gasteiger partial charge in [-0.25, -0.2) is 0 Å². The fourth-order valence-corrected chi connectivity index (χ4v) is 2.37. The Morgan fingerprint density at radius 2 is 1.89 bits per heavy atom. The van der Waals surface area contributed by atoms with Gasteiger partial charge in [-0.15, -0.1) is 0 Å². The Kier molecular flexibility index (Phi) is 4.91. The van der Waals surface area contributed by atoms with E-state index in [4.69, 9.17) is 0 Å². The van der Waals surface area contributed by atoms with Gasteiger partial charge in [0, 0.05) is 6.04 Å². The summed E-state index contributed by atoms with van der Waals surface area (Å²) in [6.45, 7) is 6.06. The minimum absolute atomic E-state index is 0.0770. The van der Waals surface area contributed by atoms with Crippen molar-refractivity contribution >= 4 is 5.97 Å². The molecular formula is C15H23NO2. The van der Waals surface area contributed by atoms with Gasteiger partial charge in [0.1, 0.15) is 0 Å². The monoisotopic (exact) mass is 249 g/mol. The number of carboxylic acids is 1. The molecule has 18 heavy (non-hydrogen) atoms. The second-order valence-corrected chi connectivity index (χ2v) is 5.11. The van der Waals surface area contributed by atoms with E-state index in [9.17, 15) is 9.90 Å². The number of carbonyl (C=O) groups is 1. The van der Waals surface area contributed by atoms with Crippen LogP contribution in [0.15, 0.2) is 18.2 Å². The molecular weight excluding hydrogens is 226 g/mol. The number of hydrogen-bond acceptors (Lipinski definition) is 2. The van der Waals surface area contributed by atoms with Crippen LogP contribution in [0.2, 0.25) is 0 Å². The summed E-state index contributed by atoms with van der Waals surface area (Å²) in [5.74, 6) is -1.10. The van der Waals surface area contributed by atoms with Gasteiger partial charge in [-0.2, -0.15) is 0 Å². The van der Waals surface area contributed by atoms with E-state index in [0.29, 0.717) is 6.42 Å². The second-order valence-electron chi connectivity index (χ2n) is 5.11. The number of carboxylic acid groups (broad SMARTS) is 1. The molecule has 0 aliphatic heterocycles. The summed E-state index contributed by atoms with van der Waals surface area (Å²) >= 11 is 0. The number of nitrogens with zero attached hydrogens (tertiary/aromatic N) is 1. The Morgan fingerprint density at radius 3 is 2.28 bits per heavy atom. The van der Waals surface area contributed by atoms with Crippen LogP contribution >= 0.6 is 0 Å². The van der Waals surface area contributed by atoms with Crippen molar-refractivity contribution in [3.8, 4) is 0 Å². The van der Waals surface area contributed by atoms with Gasteiger partial charge in [-0.05, 0) is 51.1 Å². The average Bonchev–Trinajstić information content (AvgIpc) is 2.28. The van der Waals surface area contributed by atoms with Crippen molar-refractivity contribution < 1.29 is 9.90 Å². The average molecular weight is 249 g/mol. The topological polar surface area (TPSA) is 40.5 Å². The maximum absolute atomic E-state index is 11.4. The van der Waals surface area contributed by atoms with Crippen molar-refractivity contribution in [3.63, 3.8) is 0 Å². The molecule has 0 amide bonds. The molecule has 0 radical (unpaired) electrons. The zero-order chi connectivity index (χ0) is 13.9. The zero-order valence-corrected chi connectivity index (χ0v) is 11.9. The first-order valence-corrected chi connectivity index (χ1v) is 6.34. The molecule has 0 saturated carbocycles. The van der Waals surface area contributed by atoms with Gasteiger partial charge in [0.15, 0.2) is 0 Å². The van der Waals surface area contributed by atoms with Gasteiger partial charge in [0.2, 0.25) is 0 Å². The Labute approximate surface area is 109 Å². The molecule has 0 saturated heterocycles. The number of aliphatic carboxylic acids is 1. The Bertz CT molecular complexity index is 427. The van der Waals surface area contributed by atoms with Crippen LogP contribution in [0.3, 0.4) is 0 Å². The van der Waals surface area contributed by atoms with Crippen LogP contribution in [0.25, 0.3) is 0 Å². The van der Waals surface area contributed by atoms with E-state index in [1.54, 1.807) is 0 Å². The molecule has 2 unspecified atom stereocenters. The second kappa shape index (κ2) is 6.01. The summed E-state index contributed by atoms with van der Waals surface area (Å²) in [5, 5.41) is 9.35. The third-order valence-electron chi connectivity index (χ3n) is 3.57. The van der Waals surface area contributed by atoms with Crippen LogP contribution in [0.5, 0.6) is 0 Å². The summed E-state index contributed by atoms with van der Waals surface area (Å²) in [6, 6.07) is 6.13. The maximum Gasteiger partial charge on any atom is 0.308 e. The lowest BCUT2D eigenvalue weighted by Crippen LogP contribution is -2.32. The minimum Gasteiger partial charge on any atom is -0.481 e. The van der Waals surface area contributed by atoms with Crippen LogP contribution < -0.4 is 0 Å². The van der Waals surface area contributed by atoms with Crippen molar-refractivity contribution in [2.75, 3.05) is 14.1 Å². The summed E-state index contributed by atoms with van der Waals surface area (Å²) < 4.78 is 0. The van der Waals surface area contributed by atoms with Crippen LogP contribution in [-0.4, -0.2) is 30.1 Å². The van der Waals surface area contributed by atoms with Gasteiger partial charge in [-0.3, -0.25) is 4.79 Å². The molecule has 2 atom stereocenters. The number of hydrogen-bond donors (Lipinski definition) is 1. The fraction of sp³-hybridized carbons (Fsp3) is 0.533. The highest BCUT2D eigenvalue weighted by Gasteiger charge is 2.29. The smallest absolute Gasteiger partial charge is 0.308 e. The SMILES string of the molecule is CCC(C(=O)O)C(c1ccc(C)c(C)c1)N(C)C. The van der Waals surface area contributed by atoms with Crippen LogP contribution in [-0.2, 0) is 4.79 Å². The lowest BCUT2D eigenvalue weighted by Gasteiger charge is -2.30. The fourth-order valence-electron chi connectivity index (χ4n) is 2.37. The van der Waals surface area contributed by atoms with Gasteiger partial charge in [0.05, 0.1) is 5.92 Å². The van der Waals surface area contributed by atoms with Crippen LogP contribution in [0, 0.1) is 19.8 Å². The van der Waals surface area contributed by atoms with Gasteiger partial charge < -0.3 is 10.0 Å². The molecule has 0 fully saturated rings. The quantitative estimate of drug-likeness (QED) is 0.872. The first kappa shape index (κ1) is 14.7. The Morgan fingerprint density at radius 1 is 1.28 bits per heavy atom. The van der Waals surface area contributed by atoms with Crippen LogP contribution in [0.1, 0.15) is 36.1 Å². The van der Waals surface area contributed by atoms with E-state index in [-0.39, 0.29) is 12.0 Å². The van der Waals surface area contributed by atoms with Crippen molar-refractivity contribution in [2.24, 2.45) is 5.92 Å². The van der Waals surface area contributed by atoms with Gasteiger partial charge >= 0.3 is 5.97 Å². The Balaban J connectivity index is 3.19. The first-order chi connectivity index (χ1) is 8.38. The maximum atomic E-state index is 11.4. The summed E-state index contributed by atoms with van der Waals surface area (Å²) in [5.41, 5.74) is 3.52. The predicted octanol–water partition coefficient (Wildman–Crippen LogP) is 3.02. The summed E-state index contributed by atoms with van der Waals surface area (Å²) in [6.07, 6.45) is 0.630. The molecule has 1 N–H and O–H groups in total. The Hall–Kier alpha value is -1.35. The third-order valence-corrected chi connectivity index (χ3v) is 3.57. The zero-order valence-electron chi connectivity index (χ0n) is 11.9. The highest BCUT2D eigenvalue weighted by molar-refractivity contribution is 5.71. The summed E-state index contributed by atoms with van der Waals surface area (Å²) in [4.78, 5) is 13.4. The lowest BCUT2D eigenvalue weighted by molar-refractivity contribution is -0.144. The van der Waals surface area contributed by atoms with E-state index in [0.717, 1.165) is 5.56 Å². The molecule has 0 spiro atoms. The largest absolute Gasteiger partial charge is 0.481 e. The third kappa shape index (κ3) is 3.10. The molecule has 0 aromatic heterocycles. The van der Waals surface area contributed by atoms with E-state index in [2.05, 4.69) is 26.0 Å². The van der Waals surface area contributed by atoms with Crippen molar-refractivity contribution in [2.45, 2.75) is 33.2 Å². The highest BCUT2D eigenvalue weighted by Crippen LogP contribution is 2.30. The number of benzene rings is 1. The molecule has 1 rings (SSSR count). The van der Waals surface area contributed by atoms with Crippen molar-refractivity contribution in [1.29, 1.82) is 0 Å². The number of aryl methyl sites for hydroxylation is 2. The van der Waals surface area contributed by atoms with Crippen LogP contribution in [0.4, 0.5) is 0 Å². The number of rotatable bonds is 5. The van der Waals surface area contributed by atoms with Gasteiger partial charge in [-0.1, -0.05) is 25.1 Å². The highest BCUT2D eigenvalue weighted by atomic mass is 16.4.